The average Bonchev–Trinajstić information content (AvgIpc) is 2.93. The molecule has 0 fully saturated rings. The predicted octanol–water partition coefficient (Wildman–Crippen LogP) is 1.96. The monoisotopic (exact) mass is 229 g/mol. The van der Waals surface area contributed by atoms with Gasteiger partial charge in [0.2, 0.25) is 0 Å². The van der Waals surface area contributed by atoms with Crippen LogP contribution in [-0.4, -0.2) is 27.2 Å². The quantitative estimate of drug-likeness (QED) is 0.702. The van der Waals surface area contributed by atoms with E-state index < -0.39 is 0 Å². The Morgan fingerprint density at radius 2 is 2.18 bits per heavy atom. The molecule has 0 bridgehead atoms. The van der Waals surface area contributed by atoms with E-state index in [0.717, 1.165) is 17.1 Å². The van der Waals surface area contributed by atoms with Crippen LogP contribution in [0.15, 0.2) is 22.7 Å². The van der Waals surface area contributed by atoms with Gasteiger partial charge in [-0.25, -0.2) is 9.97 Å². The number of rotatable bonds is 2. The number of aryl methyl sites for hydroxylation is 1. The zero-order valence-electron chi connectivity index (χ0n) is 9.48. The molecule has 0 aliphatic carbocycles. The molecule has 0 radical (unpaired) electrons. The second-order valence-electron chi connectivity index (χ2n) is 3.73. The molecule has 86 valence electrons. The number of aromatic amines is 1. The molecule has 0 amide bonds. The van der Waals surface area contributed by atoms with Gasteiger partial charge >= 0.3 is 0 Å². The van der Waals surface area contributed by atoms with Gasteiger partial charge in [0.15, 0.2) is 11.5 Å². The number of aromatic nitrogens is 4. The number of hydrogen-bond acceptors (Lipinski definition) is 5. The number of imidazole rings is 1. The Kier molecular flexibility index (Phi) is 2.07. The molecule has 0 aliphatic heterocycles. The van der Waals surface area contributed by atoms with Gasteiger partial charge in [0.05, 0.1) is 5.52 Å². The topological polar surface area (TPSA) is 79.6 Å². The van der Waals surface area contributed by atoms with Crippen LogP contribution >= 0.6 is 0 Å². The molecule has 0 spiro atoms. The van der Waals surface area contributed by atoms with Crippen molar-refractivity contribution < 1.29 is 4.52 Å². The van der Waals surface area contributed by atoms with Gasteiger partial charge < -0.3 is 14.8 Å². The number of nitrogens with one attached hydrogen (secondary N) is 2. The van der Waals surface area contributed by atoms with Crippen LogP contribution < -0.4 is 5.32 Å². The second kappa shape index (κ2) is 3.58. The van der Waals surface area contributed by atoms with Crippen LogP contribution in [0.4, 0.5) is 5.82 Å². The highest BCUT2D eigenvalue weighted by Crippen LogP contribution is 2.20. The summed E-state index contributed by atoms with van der Waals surface area (Å²) in [6.07, 6.45) is 0. The van der Waals surface area contributed by atoms with Gasteiger partial charge in [0.25, 0.3) is 0 Å². The lowest BCUT2D eigenvalue weighted by atomic mass is 10.4. The van der Waals surface area contributed by atoms with Gasteiger partial charge in [-0.1, -0.05) is 5.16 Å². The zero-order chi connectivity index (χ0) is 11.8. The van der Waals surface area contributed by atoms with Crippen molar-refractivity contribution in [1.29, 1.82) is 0 Å². The molecule has 3 rings (SSSR count). The highest BCUT2D eigenvalue weighted by Gasteiger charge is 2.10. The Labute approximate surface area is 97.1 Å². The third kappa shape index (κ3) is 1.63. The zero-order valence-corrected chi connectivity index (χ0v) is 9.48. The number of fused-ring (bicyclic) bond motifs is 1. The lowest BCUT2D eigenvalue weighted by Gasteiger charge is -1.95. The molecule has 3 aromatic heterocycles. The van der Waals surface area contributed by atoms with Crippen molar-refractivity contribution in [1.82, 2.24) is 20.1 Å². The summed E-state index contributed by atoms with van der Waals surface area (Å²) in [5.74, 6) is 2.20. The van der Waals surface area contributed by atoms with Crippen LogP contribution in [0.25, 0.3) is 22.7 Å². The first-order valence-corrected chi connectivity index (χ1v) is 5.24. The predicted molar refractivity (Wildman–Crippen MR) is 63.7 cm³/mol. The Morgan fingerprint density at radius 1 is 1.29 bits per heavy atom. The molecule has 2 N–H and O–H groups in total. The summed E-state index contributed by atoms with van der Waals surface area (Å²) in [4.78, 5) is 11.9. The lowest BCUT2D eigenvalue weighted by Crippen LogP contribution is -1.91. The largest absolute Gasteiger partial charge is 0.373 e. The summed E-state index contributed by atoms with van der Waals surface area (Å²) in [5.41, 5.74) is 2.22. The fraction of sp³-hybridized carbons (Fsp3) is 0.182. The fourth-order valence-electron chi connectivity index (χ4n) is 1.63. The van der Waals surface area contributed by atoms with Gasteiger partial charge in [-0.15, -0.1) is 0 Å². The van der Waals surface area contributed by atoms with Crippen LogP contribution in [0.2, 0.25) is 0 Å². The van der Waals surface area contributed by atoms with Gasteiger partial charge in [0.1, 0.15) is 17.3 Å². The second-order valence-corrected chi connectivity index (χ2v) is 3.73. The van der Waals surface area contributed by atoms with Crippen molar-refractivity contribution in [2.45, 2.75) is 6.92 Å². The molecule has 0 aliphatic rings. The molecule has 0 unspecified atom stereocenters. The van der Waals surface area contributed by atoms with Crippen LogP contribution in [0.3, 0.4) is 0 Å². The summed E-state index contributed by atoms with van der Waals surface area (Å²) in [5, 5.41) is 6.88. The molecular formula is C11H11N5O. The SMILES string of the molecule is CNc1ccc2[nH]c(-c3cc(C)on3)nc2n1. The van der Waals surface area contributed by atoms with Gasteiger partial charge in [-0.2, -0.15) is 0 Å². The minimum Gasteiger partial charge on any atom is -0.373 e. The van der Waals surface area contributed by atoms with E-state index in [0.29, 0.717) is 17.2 Å². The highest BCUT2D eigenvalue weighted by atomic mass is 16.5. The Morgan fingerprint density at radius 3 is 2.88 bits per heavy atom. The average molecular weight is 229 g/mol. The van der Waals surface area contributed by atoms with E-state index in [1.807, 2.05) is 32.2 Å². The Bertz CT molecular complexity index is 669. The normalized spacial score (nSPS) is 10.9. The number of nitrogens with zero attached hydrogens (tertiary/aromatic N) is 3. The van der Waals surface area contributed by atoms with E-state index in [1.165, 1.54) is 0 Å². The maximum atomic E-state index is 5.02. The van der Waals surface area contributed by atoms with Gasteiger partial charge in [-0.3, -0.25) is 0 Å². The molecule has 6 heteroatoms. The standard InChI is InChI=1S/C11H11N5O/c1-6-5-8(16-17-6)11-13-7-3-4-9(12-2)14-10(7)15-11/h3-5H,1-2H3,(H2,12,13,14,15). The molecule has 6 nitrogen and oxygen atoms in total. The van der Waals surface area contributed by atoms with Crippen molar-refractivity contribution in [3.63, 3.8) is 0 Å². The molecule has 17 heavy (non-hydrogen) atoms. The molecule has 0 saturated carbocycles. The van der Waals surface area contributed by atoms with Crippen LogP contribution in [0.5, 0.6) is 0 Å². The van der Waals surface area contributed by atoms with Crippen LogP contribution in [0.1, 0.15) is 5.76 Å². The van der Waals surface area contributed by atoms with Crippen molar-refractivity contribution in [2.75, 3.05) is 12.4 Å². The van der Waals surface area contributed by atoms with Gasteiger partial charge in [-0.05, 0) is 19.1 Å². The van der Waals surface area contributed by atoms with E-state index >= 15 is 0 Å². The van der Waals surface area contributed by atoms with E-state index in [4.69, 9.17) is 4.52 Å². The molecule has 3 aromatic rings. The van der Waals surface area contributed by atoms with Crippen LogP contribution in [-0.2, 0) is 0 Å². The maximum Gasteiger partial charge on any atom is 0.180 e. The van der Waals surface area contributed by atoms with Crippen molar-refractivity contribution >= 4 is 17.0 Å². The van der Waals surface area contributed by atoms with E-state index in [-0.39, 0.29) is 0 Å². The highest BCUT2D eigenvalue weighted by molar-refractivity contribution is 5.76. The number of pyridine rings is 1. The molecule has 0 aromatic carbocycles. The first-order valence-electron chi connectivity index (χ1n) is 5.24. The summed E-state index contributed by atoms with van der Waals surface area (Å²) in [6, 6.07) is 5.65. The number of H-pyrrole nitrogens is 1. The maximum absolute atomic E-state index is 5.02. The summed E-state index contributed by atoms with van der Waals surface area (Å²) in [7, 11) is 1.82. The van der Waals surface area contributed by atoms with Crippen LogP contribution in [0, 0.1) is 6.92 Å². The molecule has 0 saturated heterocycles. The fourth-order valence-corrected chi connectivity index (χ4v) is 1.63. The first-order chi connectivity index (χ1) is 8.26. The van der Waals surface area contributed by atoms with E-state index in [2.05, 4.69) is 25.4 Å². The Hall–Kier alpha value is -2.37. The van der Waals surface area contributed by atoms with E-state index in [1.54, 1.807) is 0 Å². The summed E-state index contributed by atoms with van der Waals surface area (Å²) < 4.78 is 5.02. The smallest absolute Gasteiger partial charge is 0.180 e. The van der Waals surface area contributed by atoms with E-state index in [9.17, 15) is 0 Å². The molecule has 3 heterocycles. The summed E-state index contributed by atoms with van der Waals surface area (Å²) in [6.45, 7) is 1.84. The first kappa shape index (κ1) is 9.83. The minimum atomic E-state index is 0.660. The lowest BCUT2D eigenvalue weighted by molar-refractivity contribution is 0.399. The van der Waals surface area contributed by atoms with Crippen molar-refractivity contribution in [3.8, 4) is 11.5 Å². The number of anilines is 1. The minimum absolute atomic E-state index is 0.660. The Balaban J connectivity index is 2.13. The molecule has 0 atom stereocenters. The van der Waals surface area contributed by atoms with Crippen molar-refractivity contribution in [2.24, 2.45) is 0 Å². The molecular weight excluding hydrogens is 218 g/mol. The van der Waals surface area contributed by atoms with Gasteiger partial charge in [0, 0.05) is 13.1 Å². The number of hydrogen-bond donors (Lipinski definition) is 2. The third-order valence-electron chi connectivity index (χ3n) is 2.47. The third-order valence-corrected chi connectivity index (χ3v) is 2.47. The summed E-state index contributed by atoms with van der Waals surface area (Å²) >= 11 is 0. The van der Waals surface area contributed by atoms with Crippen molar-refractivity contribution in [3.05, 3.63) is 24.0 Å².